The molecule has 0 unspecified atom stereocenters. The van der Waals surface area contributed by atoms with Crippen molar-refractivity contribution in [2.24, 2.45) is 5.73 Å². The molecule has 19 heavy (non-hydrogen) atoms. The molecular formula is C12H14F4N2S. The lowest BCUT2D eigenvalue weighted by Gasteiger charge is -2.09. The van der Waals surface area contributed by atoms with Crippen LogP contribution in [0.4, 0.5) is 23.2 Å². The van der Waals surface area contributed by atoms with E-state index in [0.29, 0.717) is 12.0 Å². The Morgan fingerprint density at radius 2 is 1.95 bits per heavy atom. The number of thiocarbonyl (C=S) groups is 1. The van der Waals surface area contributed by atoms with E-state index in [1.165, 1.54) is 12.1 Å². The largest absolute Gasteiger partial charge is 0.389 e. The number of hydrogen-bond donors (Lipinski definition) is 2. The van der Waals surface area contributed by atoms with Crippen LogP contribution in [0.25, 0.3) is 0 Å². The monoisotopic (exact) mass is 294 g/mol. The summed E-state index contributed by atoms with van der Waals surface area (Å²) < 4.78 is 49.2. The average molecular weight is 294 g/mol. The molecule has 3 N–H and O–H groups in total. The summed E-state index contributed by atoms with van der Waals surface area (Å²) in [6.07, 6.45) is -4.62. The molecule has 2 nitrogen and oxygen atoms in total. The summed E-state index contributed by atoms with van der Waals surface area (Å²) in [5.74, 6) is -0.527. The number of nitrogens with two attached hydrogens (primary N) is 1. The maximum Gasteiger partial charge on any atom is 0.389 e. The van der Waals surface area contributed by atoms with Gasteiger partial charge in [-0.05, 0) is 31.0 Å². The molecule has 0 aromatic heterocycles. The van der Waals surface area contributed by atoms with Crippen molar-refractivity contribution < 1.29 is 17.6 Å². The number of benzene rings is 1. The van der Waals surface area contributed by atoms with E-state index >= 15 is 0 Å². The average Bonchev–Trinajstić information content (AvgIpc) is 2.28. The molecule has 0 aliphatic rings. The minimum absolute atomic E-state index is 0.0170. The number of anilines is 1. The van der Waals surface area contributed by atoms with Gasteiger partial charge >= 0.3 is 6.18 Å². The van der Waals surface area contributed by atoms with Crippen LogP contribution in [0.5, 0.6) is 0 Å². The molecule has 0 amide bonds. The van der Waals surface area contributed by atoms with Crippen LogP contribution >= 0.6 is 12.2 Å². The van der Waals surface area contributed by atoms with Gasteiger partial charge in [-0.25, -0.2) is 4.39 Å². The van der Waals surface area contributed by atoms with Crippen molar-refractivity contribution in [1.29, 1.82) is 0 Å². The zero-order chi connectivity index (χ0) is 14.5. The molecule has 0 atom stereocenters. The minimum Gasteiger partial charge on any atom is -0.389 e. The summed E-state index contributed by atoms with van der Waals surface area (Å²) >= 11 is 4.71. The van der Waals surface area contributed by atoms with Crippen molar-refractivity contribution in [3.05, 3.63) is 29.6 Å². The van der Waals surface area contributed by atoms with E-state index in [1.807, 2.05) is 0 Å². The number of rotatable bonds is 6. The Hall–Kier alpha value is -1.37. The van der Waals surface area contributed by atoms with E-state index in [9.17, 15) is 17.6 Å². The lowest BCUT2D eigenvalue weighted by Crippen LogP contribution is -2.11. The summed E-state index contributed by atoms with van der Waals surface area (Å²) in [5, 5.41) is 2.74. The zero-order valence-corrected chi connectivity index (χ0v) is 10.9. The Morgan fingerprint density at radius 3 is 2.47 bits per heavy atom. The van der Waals surface area contributed by atoms with E-state index < -0.39 is 18.4 Å². The van der Waals surface area contributed by atoms with Gasteiger partial charge in [0, 0.05) is 18.5 Å². The third kappa shape index (κ3) is 5.87. The van der Waals surface area contributed by atoms with E-state index in [1.54, 1.807) is 6.07 Å². The van der Waals surface area contributed by atoms with Gasteiger partial charge in [-0.2, -0.15) is 13.2 Å². The van der Waals surface area contributed by atoms with Crippen LogP contribution in [0.15, 0.2) is 18.2 Å². The summed E-state index contributed by atoms with van der Waals surface area (Å²) in [7, 11) is 0. The lowest BCUT2D eigenvalue weighted by atomic mass is 10.2. The molecule has 0 heterocycles. The molecular weight excluding hydrogens is 280 g/mol. The van der Waals surface area contributed by atoms with Crippen molar-refractivity contribution >= 4 is 22.9 Å². The summed E-state index contributed by atoms with van der Waals surface area (Å²) in [6, 6.07) is 4.22. The number of unbranched alkanes of at least 4 members (excludes halogenated alkanes) is 1. The maximum absolute atomic E-state index is 13.6. The van der Waals surface area contributed by atoms with E-state index in [-0.39, 0.29) is 23.6 Å². The van der Waals surface area contributed by atoms with Gasteiger partial charge in [-0.15, -0.1) is 0 Å². The van der Waals surface area contributed by atoms with Crippen LogP contribution in [0.3, 0.4) is 0 Å². The Kier molecular flexibility index (Phi) is 5.53. The number of hydrogen-bond acceptors (Lipinski definition) is 2. The topological polar surface area (TPSA) is 38.0 Å². The predicted molar refractivity (Wildman–Crippen MR) is 70.7 cm³/mol. The number of halogens is 4. The van der Waals surface area contributed by atoms with E-state index in [2.05, 4.69) is 5.32 Å². The second kappa shape index (κ2) is 6.70. The van der Waals surface area contributed by atoms with Gasteiger partial charge in [0.25, 0.3) is 0 Å². The van der Waals surface area contributed by atoms with Crippen LogP contribution in [-0.4, -0.2) is 17.7 Å². The molecule has 0 saturated heterocycles. The smallest absolute Gasteiger partial charge is 0.389 e. The van der Waals surface area contributed by atoms with Crippen LogP contribution in [0.1, 0.15) is 24.8 Å². The zero-order valence-electron chi connectivity index (χ0n) is 10.1. The first-order valence-corrected chi connectivity index (χ1v) is 6.10. The highest BCUT2D eigenvalue weighted by molar-refractivity contribution is 7.80. The lowest BCUT2D eigenvalue weighted by molar-refractivity contribution is -0.135. The van der Waals surface area contributed by atoms with Gasteiger partial charge in [-0.1, -0.05) is 12.2 Å². The van der Waals surface area contributed by atoms with Crippen LogP contribution in [-0.2, 0) is 0 Å². The van der Waals surface area contributed by atoms with Gasteiger partial charge in [0.2, 0.25) is 0 Å². The van der Waals surface area contributed by atoms with Crippen LogP contribution in [0.2, 0.25) is 0 Å². The second-order valence-corrected chi connectivity index (χ2v) is 4.50. The van der Waals surface area contributed by atoms with Crippen molar-refractivity contribution in [1.82, 2.24) is 0 Å². The minimum atomic E-state index is -4.14. The molecule has 7 heteroatoms. The molecule has 106 valence electrons. The molecule has 0 aliphatic carbocycles. The predicted octanol–water partition coefficient (Wildman–Crippen LogP) is 3.60. The van der Waals surface area contributed by atoms with Gasteiger partial charge < -0.3 is 11.1 Å². The first-order valence-electron chi connectivity index (χ1n) is 5.69. The second-order valence-electron chi connectivity index (χ2n) is 4.06. The Morgan fingerprint density at radius 1 is 1.26 bits per heavy atom. The fourth-order valence-corrected chi connectivity index (χ4v) is 1.61. The van der Waals surface area contributed by atoms with Crippen LogP contribution < -0.4 is 11.1 Å². The van der Waals surface area contributed by atoms with Crippen molar-refractivity contribution in [2.75, 3.05) is 11.9 Å². The third-order valence-electron chi connectivity index (χ3n) is 2.46. The standard InChI is InChI=1S/C12H14F4N2S/c13-9-7-8(11(17)19)3-4-10(9)18-6-2-1-5-12(14,15)16/h3-4,7,18H,1-2,5-6H2,(H2,17,19). The third-order valence-corrected chi connectivity index (χ3v) is 2.69. The van der Waals surface area contributed by atoms with Gasteiger partial charge in [0.05, 0.1) is 5.69 Å². The Bertz CT molecular complexity index is 446. The molecule has 1 rings (SSSR count). The van der Waals surface area contributed by atoms with Crippen LogP contribution in [0, 0.1) is 5.82 Å². The molecule has 1 aromatic rings. The number of alkyl halides is 3. The van der Waals surface area contributed by atoms with E-state index in [4.69, 9.17) is 18.0 Å². The SMILES string of the molecule is NC(=S)c1ccc(NCCCCC(F)(F)F)c(F)c1. The fraction of sp³-hybridized carbons (Fsp3) is 0.417. The molecule has 0 aliphatic heterocycles. The molecule has 1 aromatic carbocycles. The molecule has 0 spiro atoms. The highest BCUT2D eigenvalue weighted by Crippen LogP contribution is 2.22. The summed E-state index contributed by atoms with van der Waals surface area (Å²) in [4.78, 5) is 0.0932. The van der Waals surface area contributed by atoms with Gasteiger partial charge in [0.15, 0.2) is 0 Å². The van der Waals surface area contributed by atoms with Crippen molar-refractivity contribution in [2.45, 2.75) is 25.4 Å². The van der Waals surface area contributed by atoms with Gasteiger partial charge in [0.1, 0.15) is 10.8 Å². The van der Waals surface area contributed by atoms with Crippen molar-refractivity contribution in [3.8, 4) is 0 Å². The number of nitrogens with one attached hydrogen (secondary N) is 1. The highest BCUT2D eigenvalue weighted by atomic mass is 32.1. The highest BCUT2D eigenvalue weighted by Gasteiger charge is 2.25. The van der Waals surface area contributed by atoms with E-state index in [0.717, 1.165) is 0 Å². The first kappa shape index (κ1) is 15.7. The quantitative estimate of drug-likeness (QED) is 0.478. The molecule has 0 fully saturated rings. The molecule has 0 bridgehead atoms. The normalized spacial score (nSPS) is 11.4. The Balaban J connectivity index is 2.40. The molecule has 0 saturated carbocycles. The maximum atomic E-state index is 13.6. The van der Waals surface area contributed by atoms with Gasteiger partial charge in [-0.3, -0.25) is 0 Å². The Labute approximate surface area is 114 Å². The fourth-order valence-electron chi connectivity index (χ4n) is 1.49. The molecule has 0 radical (unpaired) electrons. The van der Waals surface area contributed by atoms with Crippen molar-refractivity contribution in [3.63, 3.8) is 0 Å². The summed E-state index contributed by atoms with van der Waals surface area (Å²) in [6.45, 7) is 0.277. The first-order chi connectivity index (χ1) is 8.79. The summed E-state index contributed by atoms with van der Waals surface area (Å²) in [5.41, 5.74) is 5.99.